The number of nitrogens with zero attached hydrogens (tertiary/aromatic N) is 3. The number of rotatable bonds is 5. The first kappa shape index (κ1) is 21.6. The Bertz CT molecular complexity index is 874. The highest BCUT2D eigenvalue weighted by Gasteiger charge is 2.33. The molecule has 162 valence electrons. The van der Waals surface area contributed by atoms with Crippen molar-refractivity contribution >= 4 is 12.1 Å². The summed E-state index contributed by atoms with van der Waals surface area (Å²) in [6.45, 7) is 0.371. The number of aryl methyl sites for hydroxylation is 1. The first-order valence-corrected chi connectivity index (χ1v) is 9.26. The molecule has 0 atom stereocenters. The molecule has 1 fully saturated rings. The highest BCUT2D eigenvalue weighted by molar-refractivity contribution is 5.73. The molecule has 1 aromatic heterocycles. The molecule has 0 radical (unpaired) electrons. The van der Waals surface area contributed by atoms with Crippen LogP contribution in [0.1, 0.15) is 24.2 Å². The smallest absolute Gasteiger partial charge is 0.422 e. The Labute approximate surface area is 169 Å². The molecule has 1 aromatic carbocycles. The lowest BCUT2D eigenvalue weighted by molar-refractivity contribution is -0.163. The quantitative estimate of drug-likeness (QED) is 0.674. The van der Waals surface area contributed by atoms with Gasteiger partial charge in [0.15, 0.2) is 13.2 Å². The average Bonchev–Trinajstić information content (AvgIpc) is 3.19. The van der Waals surface area contributed by atoms with E-state index in [9.17, 15) is 22.8 Å². The zero-order valence-electron chi connectivity index (χ0n) is 16.1. The van der Waals surface area contributed by atoms with Gasteiger partial charge in [0.2, 0.25) is 5.82 Å². The summed E-state index contributed by atoms with van der Waals surface area (Å²) >= 11 is 0. The van der Waals surface area contributed by atoms with Crippen molar-refractivity contribution in [2.75, 3.05) is 19.7 Å². The van der Waals surface area contributed by atoms with Crippen LogP contribution < -0.4 is 0 Å². The predicted octanol–water partition coefficient (Wildman–Crippen LogP) is 3.50. The summed E-state index contributed by atoms with van der Waals surface area (Å²) in [5, 5.41) is 3.78. The molecule has 2 aromatic rings. The minimum absolute atomic E-state index is 0.107. The normalized spacial score (nSPS) is 15.1. The highest BCUT2D eigenvalue weighted by atomic mass is 19.4. The lowest BCUT2D eigenvalue weighted by Gasteiger charge is -2.30. The Hall–Kier alpha value is -3.11. The van der Waals surface area contributed by atoms with E-state index in [-0.39, 0.29) is 38.4 Å². The summed E-state index contributed by atoms with van der Waals surface area (Å²) in [5.74, 6) is -0.432. The van der Waals surface area contributed by atoms with Crippen molar-refractivity contribution in [3.05, 3.63) is 35.7 Å². The van der Waals surface area contributed by atoms with Crippen LogP contribution in [0.15, 0.2) is 28.8 Å². The van der Waals surface area contributed by atoms with Crippen LogP contribution in [-0.4, -0.2) is 53.0 Å². The molecule has 0 aliphatic carbocycles. The van der Waals surface area contributed by atoms with Gasteiger partial charge in [-0.15, -0.1) is 0 Å². The lowest BCUT2D eigenvalue weighted by Crippen LogP contribution is -2.41. The van der Waals surface area contributed by atoms with Gasteiger partial charge in [-0.25, -0.2) is 4.79 Å². The van der Waals surface area contributed by atoms with Gasteiger partial charge in [-0.2, -0.15) is 18.2 Å². The van der Waals surface area contributed by atoms with E-state index in [1.54, 1.807) is 0 Å². The van der Waals surface area contributed by atoms with E-state index in [0.29, 0.717) is 5.89 Å². The maximum absolute atomic E-state index is 12.2. The Kier molecular flexibility index (Phi) is 6.58. The molecule has 2 heterocycles. The third-order valence-electron chi connectivity index (χ3n) is 4.56. The second kappa shape index (κ2) is 9.14. The van der Waals surface area contributed by atoms with Gasteiger partial charge < -0.3 is 18.9 Å². The molecule has 3 rings (SSSR count). The number of likely N-dealkylation sites (tertiary alicyclic amines) is 1. The number of hydrogen-bond donors (Lipinski definition) is 0. The molecule has 1 amide bonds. The molecule has 8 nitrogen and oxygen atoms in total. The van der Waals surface area contributed by atoms with Gasteiger partial charge in [0.1, 0.15) is 0 Å². The van der Waals surface area contributed by atoms with Crippen LogP contribution in [-0.2, 0) is 20.9 Å². The average molecular weight is 427 g/mol. The summed E-state index contributed by atoms with van der Waals surface area (Å²) in [5.41, 5.74) is 1.84. The van der Waals surface area contributed by atoms with Gasteiger partial charge in [0.25, 0.3) is 5.89 Å². The minimum Gasteiger partial charge on any atom is -0.457 e. The van der Waals surface area contributed by atoms with Gasteiger partial charge >= 0.3 is 18.2 Å². The van der Waals surface area contributed by atoms with Crippen molar-refractivity contribution in [2.45, 2.75) is 32.5 Å². The summed E-state index contributed by atoms with van der Waals surface area (Å²) < 4.78 is 50.9. The van der Waals surface area contributed by atoms with Crippen LogP contribution in [0.25, 0.3) is 11.5 Å². The highest BCUT2D eigenvalue weighted by Crippen LogP contribution is 2.22. The number of carbonyl (C=O) groups excluding carboxylic acids is 2. The van der Waals surface area contributed by atoms with Gasteiger partial charge in [0, 0.05) is 18.7 Å². The van der Waals surface area contributed by atoms with Crippen molar-refractivity contribution in [1.82, 2.24) is 15.0 Å². The Morgan fingerprint density at radius 2 is 1.83 bits per heavy atom. The van der Waals surface area contributed by atoms with Crippen LogP contribution in [0, 0.1) is 12.8 Å². The van der Waals surface area contributed by atoms with E-state index in [4.69, 9.17) is 9.26 Å². The molecule has 0 N–H and O–H groups in total. The molecule has 1 aliphatic rings. The van der Waals surface area contributed by atoms with Crippen molar-refractivity contribution < 1.29 is 36.8 Å². The maximum atomic E-state index is 12.2. The van der Waals surface area contributed by atoms with Crippen molar-refractivity contribution in [3.8, 4) is 11.5 Å². The zero-order chi connectivity index (χ0) is 21.7. The fourth-order valence-electron chi connectivity index (χ4n) is 2.91. The van der Waals surface area contributed by atoms with Crippen LogP contribution in [0.3, 0.4) is 0 Å². The summed E-state index contributed by atoms with van der Waals surface area (Å²) in [6, 6.07) is 7.49. The van der Waals surface area contributed by atoms with E-state index in [1.807, 2.05) is 31.2 Å². The predicted molar refractivity (Wildman–Crippen MR) is 96.0 cm³/mol. The number of amides is 1. The molecular weight excluding hydrogens is 407 g/mol. The molecule has 30 heavy (non-hydrogen) atoms. The van der Waals surface area contributed by atoms with Crippen molar-refractivity contribution in [3.63, 3.8) is 0 Å². The molecule has 0 bridgehead atoms. The number of aromatic nitrogens is 2. The fourth-order valence-corrected chi connectivity index (χ4v) is 2.91. The molecule has 0 saturated carbocycles. The molecule has 0 unspecified atom stereocenters. The second-order valence-corrected chi connectivity index (χ2v) is 6.92. The van der Waals surface area contributed by atoms with E-state index < -0.39 is 30.8 Å². The number of alkyl halides is 3. The Balaban J connectivity index is 1.43. The van der Waals surface area contributed by atoms with Gasteiger partial charge in [-0.3, -0.25) is 4.79 Å². The van der Waals surface area contributed by atoms with Gasteiger partial charge in [0.05, 0.1) is 5.92 Å². The lowest BCUT2D eigenvalue weighted by atomic mass is 9.97. The van der Waals surface area contributed by atoms with E-state index in [2.05, 4.69) is 14.9 Å². The fraction of sp³-hybridized carbons (Fsp3) is 0.474. The number of esters is 1. The van der Waals surface area contributed by atoms with Crippen LogP contribution in [0.5, 0.6) is 0 Å². The number of hydrogen-bond acceptors (Lipinski definition) is 7. The molecule has 1 aliphatic heterocycles. The topological polar surface area (TPSA) is 94.8 Å². The summed E-state index contributed by atoms with van der Waals surface area (Å²) in [4.78, 5) is 29.2. The summed E-state index contributed by atoms with van der Waals surface area (Å²) in [7, 11) is 0. The van der Waals surface area contributed by atoms with Crippen molar-refractivity contribution in [1.29, 1.82) is 0 Å². The SMILES string of the molecule is Cc1ccc(-c2nc(COC(=O)C3CCN(C(=O)OCC(F)(F)F)CC3)no2)cc1. The number of benzene rings is 1. The Morgan fingerprint density at radius 3 is 2.47 bits per heavy atom. The molecule has 11 heteroatoms. The number of piperidine rings is 1. The maximum Gasteiger partial charge on any atom is 0.422 e. The van der Waals surface area contributed by atoms with Crippen LogP contribution >= 0.6 is 0 Å². The minimum atomic E-state index is -4.58. The Morgan fingerprint density at radius 1 is 1.17 bits per heavy atom. The molecule has 0 spiro atoms. The first-order chi connectivity index (χ1) is 14.2. The first-order valence-electron chi connectivity index (χ1n) is 9.26. The molecular formula is C19H20F3N3O5. The molecule has 1 saturated heterocycles. The monoisotopic (exact) mass is 427 g/mol. The summed E-state index contributed by atoms with van der Waals surface area (Å²) in [6.07, 6.45) is -5.09. The number of carbonyl (C=O) groups is 2. The van der Waals surface area contributed by atoms with E-state index in [1.165, 1.54) is 0 Å². The standard InChI is InChI=1S/C19H20F3N3O5/c1-12-2-4-13(5-3-12)16-23-15(24-30-16)10-28-17(26)14-6-8-25(9-7-14)18(27)29-11-19(20,21)22/h2-5,14H,6-11H2,1H3. The number of ether oxygens (including phenoxy) is 2. The van der Waals surface area contributed by atoms with Gasteiger partial charge in [-0.1, -0.05) is 22.9 Å². The zero-order valence-corrected chi connectivity index (χ0v) is 16.1. The van der Waals surface area contributed by atoms with Crippen molar-refractivity contribution in [2.24, 2.45) is 5.92 Å². The number of halogens is 3. The van der Waals surface area contributed by atoms with Gasteiger partial charge in [-0.05, 0) is 31.9 Å². The largest absolute Gasteiger partial charge is 0.457 e. The van der Waals surface area contributed by atoms with E-state index in [0.717, 1.165) is 16.0 Å². The van der Waals surface area contributed by atoms with Crippen LogP contribution in [0.4, 0.5) is 18.0 Å². The third-order valence-corrected chi connectivity index (χ3v) is 4.56. The second-order valence-electron chi connectivity index (χ2n) is 6.92. The van der Waals surface area contributed by atoms with Crippen LogP contribution in [0.2, 0.25) is 0 Å². The third kappa shape index (κ3) is 5.94. The van der Waals surface area contributed by atoms with E-state index >= 15 is 0 Å².